The van der Waals surface area contributed by atoms with Gasteiger partial charge in [0.25, 0.3) is 0 Å². The van der Waals surface area contributed by atoms with E-state index in [-0.39, 0.29) is 5.41 Å². The Hall–Kier alpha value is -1.14. The molecule has 0 unspecified atom stereocenters. The van der Waals surface area contributed by atoms with Crippen molar-refractivity contribution in [1.82, 2.24) is 4.98 Å². The maximum absolute atomic E-state index is 11.8. The number of carbonyl (C=O) groups excluding carboxylic acids is 1. The molecule has 0 bridgehead atoms. The van der Waals surface area contributed by atoms with Crippen LogP contribution >= 0.6 is 11.3 Å². The number of nitrogens with one attached hydrogen (secondary N) is 1. The van der Waals surface area contributed by atoms with Gasteiger partial charge in [-0.15, -0.1) is 11.3 Å². The minimum absolute atomic E-state index is 0.213. The van der Waals surface area contributed by atoms with E-state index in [4.69, 9.17) is 10.5 Å². The van der Waals surface area contributed by atoms with E-state index in [0.717, 1.165) is 12.1 Å². The molecule has 0 aromatic carbocycles. The lowest BCUT2D eigenvalue weighted by Crippen LogP contribution is -2.27. The number of aromatic nitrogens is 1. The van der Waals surface area contributed by atoms with Gasteiger partial charge in [0.05, 0.1) is 5.69 Å². The van der Waals surface area contributed by atoms with E-state index in [0.29, 0.717) is 11.7 Å². The molecule has 0 spiro atoms. The monoisotopic (exact) mass is 297 g/mol. The molecule has 1 aromatic heterocycles. The van der Waals surface area contributed by atoms with Crippen molar-refractivity contribution in [3.63, 3.8) is 0 Å². The van der Waals surface area contributed by atoms with Crippen LogP contribution in [0.5, 0.6) is 0 Å². The molecule has 1 aliphatic rings. The van der Waals surface area contributed by atoms with Crippen molar-refractivity contribution < 1.29 is 9.53 Å². The van der Waals surface area contributed by atoms with Crippen LogP contribution in [0.4, 0.5) is 9.93 Å². The standard InChI is InChI=1S/C14H23N3O2S/c1-9-10(14(5-6-14)7-8-15)20-11(16-9)17-12(18)19-13(2,3)4/h5-8,15H2,1-4H3,(H,16,17,18). The van der Waals surface area contributed by atoms with Crippen LogP contribution in [0.1, 0.15) is 50.6 Å². The third-order valence-corrected chi connectivity index (χ3v) is 4.68. The van der Waals surface area contributed by atoms with Crippen molar-refractivity contribution in [3.8, 4) is 0 Å². The van der Waals surface area contributed by atoms with Crippen molar-refractivity contribution in [2.45, 2.75) is 58.0 Å². The van der Waals surface area contributed by atoms with Crippen molar-refractivity contribution in [2.75, 3.05) is 11.9 Å². The van der Waals surface area contributed by atoms with Gasteiger partial charge in [-0.3, -0.25) is 5.32 Å². The van der Waals surface area contributed by atoms with Gasteiger partial charge in [-0.2, -0.15) is 0 Å². The number of amides is 1. The molecule has 0 radical (unpaired) electrons. The second-order valence-electron chi connectivity index (χ2n) is 6.38. The minimum Gasteiger partial charge on any atom is -0.444 e. The average Bonchev–Trinajstić information content (AvgIpc) is 2.95. The number of rotatable bonds is 4. The quantitative estimate of drug-likeness (QED) is 0.894. The first-order valence-corrected chi connectivity index (χ1v) is 7.75. The van der Waals surface area contributed by atoms with Crippen LogP contribution in [0.2, 0.25) is 0 Å². The molecule has 2 rings (SSSR count). The van der Waals surface area contributed by atoms with E-state index >= 15 is 0 Å². The maximum Gasteiger partial charge on any atom is 0.413 e. The summed E-state index contributed by atoms with van der Waals surface area (Å²) in [4.78, 5) is 17.4. The van der Waals surface area contributed by atoms with E-state index in [1.54, 1.807) is 11.3 Å². The highest BCUT2D eigenvalue weighted by Gasteiger charge is 2.46. The zero-order valence-electron chi connectivity index (χ0n) is 12.6. The second kappa shape index (κ2) is 5.33. The summed E-state index contributed by atoms with van der Waals surface area (Å²) in [5.74, 6) is 0. The molecular formula is C14H23N3O2S. The van der Waals surface area contributed by atoms with Crippen molar-refractivity contribution in [1.29, 1.82) is 0 Å². The van der Waals surface area contributed by atoms with Crippen LogP contribution < -0.4 is 11.1 Å². The second-order valence-corrected chi connectivity index (χ2v) is 7.38. The Kier molecular flexibility index (Phi) is 4.07. The predicted octanol–water partition coefficient (Wildman–Crippen LogP) is 3.18. The normalized spacial score (nSPS) is 16.9. The van der Waals surface area contributed by atoms with Gasteiger partial charge in [-0.05, 0) is 53.5 Å². The molecule has 1 heterocycles. The van der Waals surface area contributed by atoms with Gasteiger partial charge in [0.2, 0.25) is 0 Å². The third kappa shape index (κ3) is 3.49. The van der Waals surface area contributed by atoms with Gasteiger partial charge in [0.1, 0.15) is 5.60 Å². The molecule has 6 heteroatoms. The highest BCUT2D eigenvalue weighted by Crippen LogP contribution is 2.54. The highest BCUT2D eigenvalue weighted by molar-refractivity contribution is 7.16. The number of anilines is 1. The van der Waals surface area contributed by atoms with Crippen molar-refractivity contribution in [3.05, 3.63) is 10.6 Å². The predicted molar refractivity (Wildman–Crippen MR) is 81.3 cm³/mol. The first-order valence-electron chi connectivity index (χ1n) is 6.94. The Bertz CT molecular complexity index is 501. The van der Waals surface area contributed by atoms with Crippen LogP contribution in [0.15, 0.2) is 0 Å². The van der Waals surface area contributed by atoms with Gasteiger partial charge < -0.3 is 10.5 Å². The molecule has 112 valence electrons. The summed E-state index contributed by atoms with van der Waals surface area (Å²) in [5, 5.41) is 3.32. The summed E-state index contributed by atoms with van der Waals surface area (Å²) in [6, 6.07) is 0. The zero-order valence-corrected chi connectivity index (χ0v) is 13.4. The number of ether oxygens (including phenoxy) is 1. The average molecular weight is 297 g/mol. The molecule has 5 nitrogen and oxygen atoms in total. The summed E-state index contributed by atoms with van der Waals surface area (Å²) < 4.78 is 5.24. The number of nitrogens with zero attached hydrogens (tertiary/aromatic N) is 1. The van der Waals surface area contributed by atoms with Crippen LogP contribution in [-0.4, -0.2) is 23.2 Å². The first kappa shape index (κ1) is 15.3. The summed E-state index contributed by atoms with van der Waals surface area (Å²) in [6.07, 6.45) is 2.86. The molecule has 0 aliphatic heterocycles. The van der Waals surface area contributed by atoms with E-state index in [1.165, 1.54) is 17.7 Å². The fourth-order valence-electron chi connectivity index (χ4n) is 2.35. The lowest BCUT2D eigenvalue weighted by Gasteiger charge is -2.18. The van der Waals surface area contributed by atoms with Gasteiger partial charge >= 0.3 is 6.09 Å². The lowest BCUT2D eigenvalue weighted by molar-refractivity contribution is 0.0636. The molecule has 1 amide bonds. The van der Waals surface area contributed by atoms with Crippen LogP contribution in [0.25, 0.3) is 0 Å². The summed E-state index contributed by atoms with van der Waals surface area (Å²) in [6.45, 7) is 8.19. The molecule has 1 fully saturated rings. The maximum atomic E-state index is 11.8. The van der Waals surface area contributed by atoms with E-state index in [2.05, 4.69) is 10.3 Å². The molecular weight excluding hydrogens is 274 g/mol. The zero-order chi connectivity index (χ0) is 15.0. The Balaban J connectivity index is 2.07. The summed E-state index contributed by atoms with van der Waals surface area (Å²) >= 11 is 1.54. The Morgan fingerprint density at radius 3 is 2.65 bits per heavy atom. The molecule has 0 atom stereocenters. The Morgan fingerprint density at radius 1 is 1.50 bits per heavy atom. The smallest absolute Gasteiger partial charge is 0.413 e. The van der Waals surface area contributed by atoms with Gasteiger partial charge in [0.15, 0.2) is 5.13 Å². The SMILES string of the molecule is Cc1nc(NC(=O)OC(C)(C)C)sc1C1(CCN)CC1. The fourth-order valence-corrected chi connectivity index (χ4v) is 3.58. The summed E-state index contributed by atoms with van der Waals surface area (Å²) in [7, 11) is 0. The third-order valence-electron chi connectivity index (χ3n) is 3.36. The van der Waals surface area contributed by atoms with Crippen LogP contribution in [0.3, 0.4) is 0 Å². The van der Waals surface area contributed by atoms with E-state index in [1.807, 2.05) is 27.7 Å². The molecule has 3 N–H and O–H groups in total. The minimum atomic E-state index is -0.503. The van der Waals surface area contributed by atoms with Gasteiger partial charge in [-0.25, -0.2) is 9.78 Å². The molecule has 1 aliphatic carbocycles. The first-order chi connectivity index (χ1) is 9.26. The number of nitrogens with two attached hydrogens (primary N) is 1. The molecule has 20 heavy (non-hydrogen) atoms. The van der Waals surface area contributed by atoms with E-state index in [9.17, 15) is 4.79 Å². The molecule has 1 saturated carbocycles. The topological polar surface area (TPSA) is 77.2 Å². The Morgan fingerprint density at radius 2 is 2.15 bits per heavy atom. The number of thiazole rings is 1. The van der Waals surface area contributed by atoms with Gasteiger partial charge in [-0.1, -0.05) is 0 Å². The fraction of sp³-hybridized carbons (Fsp3) is 0.714. The molecule has 1 aromatic rings. The number of aryl methyl sites for hydroxylation is 1. The Labute approximate surface area is 123 Å². The number of hydrogen-bond donors (Lipinski definition) is 2. The van der Waals surface area contributed by atoms with E-state index < -0.39 is 11.7 Å². The van der Waals surface area contributed by atoms with Crippen molar-refractivity contribution >= 4 is 22.6 Å². The summed E-state index contributed by atoms with van der Waals surface area (Å²) in [5.41, 5.74) is 6.40. The van der Waals surface area contributed by atoms with Gasteiger partial charge in [0, 0.05) is 10.3 Å². The van der Waals surface area contributed by atoms with Crippen molar-refractivity contribution in [2.24, 2.45) is 5.73 Å². The van der Waals surface area contributed by atoms with Crippen LogP contribution in [0, 0.1) is 6.92 Å². The molecule has 0 saturated heterocycles. The number of carbonyl (C=O) groups is 1. The number of hydrogen-bond acceptors (Lipinski definition) is 5. The highest BCUT2D eigenvalue weighted by atomic mass is 32.1. The largest absolute Gasteiger partial charge is 0.444 e. The van der Waals surface area contributed by atoms with Crippen LogP contribution in [-0.2, 0) is 10.2 Å². The lowest BCUT2D eigenvalue weighted by atomic mass is 9.99.